The highest BCUT2D eigenvalue weighted by Gasteiger charge is 2.08. The minimum Gasteiger partial charge on any atom is -0.356 e. The maximum absolute atomic E-state index is 13.6. The largest absolute Gasteiger partial charge is 0.356 e. The van der Waals surface area contributed by atoms with Crippen LogP contribution in [0.25, 0.3) is 0 Å². The summed E-state index contributed by atoms with van der Waals surface area (Å²) in [6.07, 6.45) is 2.75. The third-order valence-corrected chi connectivity index (χ3v) is 3.61. The van der Waals surface area contributed by atoms with Crippen LogP contribution in [0.3, 0.4) is 0 Å². The fourth-order valence-corrected chi connectivity index (χ4v) is 2.33. The summed E-state index contributed by atoms with van der Waals surface area (Å²) in [5.41, 5.74) is 0.0810. The highest BCUT2D eigenvalue weighted by Crippen LogP contribution is 2.11. The molecule has 1 heterocycles. The Labute approximate surface area is 140 Å². The molecular weight excluding hydrogens is 314 g/mol. The molecule has 0 radical (unpaired) electrons. The lowest BCUT2D eigenvalue weighted by molar-refractivity contribution is 0.552. The normalized spacial score (nSPS) is 11.6. The van der Waals surface area contributed by atoms with Crippen LogP contribution in [0.4, 0.5) is 8.78 Å². The molecule has 0 aliphatic rings. The zero-order valence-corrected chi connectivity index (χ0v) is 13.9. The molecule has 2 rings (SSSR count). The Hall–Kier alpha value is -2.51. The molecule has 0 spiro atoms. The zero-order chi connectivity index (χ0) is 17.4. The van der Waals surface area contributed by atoms with Crippen molar-refractivity contribution in [1.82, 2.24) is 25.4 Å². The van der Waals surface area contributed by atoms with E-state index in [1.807, 2.05) is 11.5 Å². The summed E-state index contributed by atoms with van der Waals surface area (Å²) < 4.78 is 29.1. The predicted octanol–water partition coefficient (Wildman–Crippen LogP) is 1.53. The number of hydrogen-bond donors (Lipinski definition) is 2. The number of nitrogens with zero attached hydrogens (tertiary/aromatic N) is 4. The summed E-state index contributed by atoms with van der Waals surface area (Å²) >= 11 is 0. The molecule has 0 aliphatic heterocycles. The number of aromatic nitrogens is 3. The van der Waals surface area contributed by atoms with Crippen LogP contribution in [0, 0.1) is 11.6 Å². The van der Waals surface area contributed by atoms with Gasteiger partial charge in [0.25, 0.3) is 0 Å². The molecule has 0 bridgehead atoms. The van der Waals surface area contributed by atoms with Crippen LogP contribution in [-0.2, 0) is 19.4 Å². The number of halogens is 2. The smallest absolute Gasteiger partial charge is 0.191 e. The number of nitrogens with one attached hydrogen (secondary N) is 2. The molecule has 0 saturated carbocycles. The van der Waals surface area contributed by atoms with Crippen LogP contribution in [0.1, 0.15) is 18.3 Å². The van der Waals surface area contributed by atoms with E-state index in [4.69, 9.17) is 0 Å². The van der Waals surface area contributed by atoms with E-state index >= 15 is 0 Å². The van der Waals surface area contributed by atoms with E-state index < -0.39 is 11.6 Å². The Kier molecular flexibility index (Phi) is 6.65. The molecule has 130 valence electrons. The minimum absolute atomic E-state index is 0.0810. The first-order valence-electron chi connectivity index (χ1n) is 7.89. The Morgan fingerprint density at radius 2 is 1.92 bits per heavy atom. The van der Waals surface area contributed by atoms with E-state index in [9.17, 15) is 8.78 Å². The average molecular weight is 336 g/mol. The third kappa shape index (κ3) is 4.74. The third-order valence-electron chi connectivity index (χ3n) is 3.61. The summed E-state index contributed by atoms with van der Waals surface area (Å²) in [6, 6.07) is 3.88. The number of aryl methyl sites for hydroxylation is 1. The van der Waals surface area contributed by atoms with Gasteiger partial charge in [-0.25, -0.2) is 8.78 Å². The zero-order valence-electron chi connectivity index (χ0n) is 13.9. The second kappa shape index (κ2) is 8.95. The minimum atomic E-state index is -0.528. The topological polar surface area (TPSA) is 67.1 Å². The van der Waals surface area contributed by atoms with Gasteiger partial charge in [-0.15, -0.1) is 10.2 Å². The van der Waals surface area contributed by atoms with E-state index in [0.717, 1.165) is 12.2 Å². The van der Waals surface area contributed by atoms with Gasteiger partial charge in [-0.05, 0) is 18.6 Å². The molecule has 0 amide bonds. The van der Waals surface area contributed by atoms with Gasteiger partial charge in [0.2, 0.25) is 0 Å². The van der Waals surface area contributed by atoms with Crippen molar-refractivity contribution in [2.24, 2.45) is 4.99 Å². The molecular formula is C16H22F2N6. The van der Waals surface area contributed by atoms with Gasteiger partial charge in [0.15, 0.2) is 5.96 Å². The molecule has 1 aromatic carbocycles. The van der Waals surface area contributed by atoms with Crippen molar-refractivity contribution in [1.29, 1.82) is 0 Å². The van der Waals surface area contributed by atoms with E-state index in [1.165, 1.54) is 18.2 Å². The number of rotatable bonds is 7. The van der Waals surface area contributed by atoms with Crippen molar-refractivity contribution in [3.05, 3.63) is 47.5 Å². The first-order chi connectivity index (χ1) is 11.7. The van der Waals surface area contributed by atoms with Gasteiger partial charge in [-0.3, -0.25) is 4.99 Å². The number of benzene rings is 1. The number of hydrogen-bond acceptors (Lipinski definition) is 3. The summed E-state index contributed by atoms with van der Waals surface area (Å²) in [7, 11) is 1.65. The molecule has 24 heavy (non-hydrogen) atoms. The number of guanidine groups is 1. The van der Waals surface area contributed by atoms with Crippen molar-refractivity contribution in [2.45, 2.75) is 26.3 Å². The van der Waals surface area contributed by atoms with Crippen LogP contribution in [-0.4, -0.2) is 40.9 Å². The van der Waals surface area contributed by atoms with E-state index in [0.29, 0.717) is 25.6 Å². The van der Waals surface area contributed by atoms with Gasteiger partial charge in [-0.2, -0.15) is 0 Å². The molecule has 8 heteroatoms. The van der Waals surface area contributed by atoms with Crippen LogP contribution >= 0.6 is 0 Å². The van der Waals surface area contributed by atoms with Gasteiger partial charge >= 0.3 is 0 Å². The molecule has 0 saturated heterocycles. The van der Waals surface area contributed by atoms with Gasteiger partial charge in [0.1, 0.15) is 23.8 Å². The summed E-state index contributed by atoms with van der Waals surface area (Å²) in [6.45, 7) is 3.75. The van der Waals surface area contributed by atoms with E-state index in [-0.39, 0.29) is 12.0 Å². The van der Waals surface area contributed by atoms with Gasteiger partial charge in [0, 0.05) is 38.7 Å². The Bertz CT molecular complexity index is 663. The fourth-order valence-electron chi connectivity index (χ4n) is 2.33. The van der Waals surface area contributed by atoms with Crippen molar-refractivity contribution in [2.75, 3.05) is 20.1 Å². The van der Waals surface area contributed by atoms with E-state index in [2.05, 4.69) is 25.8 Å². The van der Waals surface area contributed by atoms with Gasteiger partial charge in [0.05, 0.1) is 0 Å². The maximum atomic E-state index is 13.6. The molecule has 0 unspecified atom stereocenters. The van der Waals surface area contributed by atoms with Gasteiger partial charge < -0.3 is 15.2 Å². The highest BCUT2D eigenvalue weighted by molar-refractivity contribution is 5.79. The summed E-state index contributed by atoms with van der Waals surface area (Å²) in [4.78, 5) is 4.09. The molecule has 2 aromatic rings. The fraction of sp³-hybridized carbons (Fsp3) is 0.438. The molecule has 0 atom stereocenters. The Balaban J connectivity index is 1.77. The lowest BCUT2D eigenvalue weighted by atomic mass is 10.1. The highest BCUT2D eigenvalue weighted by atomic mass is 19.1. The summed E-state index contributed by atoms with van der Waals surface area (Å²) in [5, 5.41) is 14.1. The monoisotopic (exact) mass is 336 g/mol. The first kappa shape index (κ1) is 17.8. The maximum Gasteiger partial charge on any atom is 0.191 e. The summed E-state index contributed by atoms with van der Waals surface area (Å²) in [5.74, 6) is 0.451. The quantitative estimate of drug-likeness (QED) is 0.594. The second-order valence-corrected chi connectivity index (χ2v) is 5.17. The average Bonchev–Trinajstić information content (AvgIpc) is 3.03. The van der Waals surface area contributed by atoms with E-state index in [1.54, 1.807) is 13.4 Å². The van der Waals surface area contributed by atoms with Crippen LogP contribution in [0.2, 0.25) is 0 Å². The molecule has 2 N–H and O–H groups in total. The molecule has 0 aliphatic carbocycles. The van der Waals surface area contributed by atoms with Crippen molar-refractivity contribution >= 4 is 5.96 Å². The van der Waals surface area contributed by atoms with Crippen molar-refractivity contribution in [3.8, 4) is 0 Å². The first-order valence-corrected chi connectivity index (χ1v) is 7.89. The van der Waals surface area contributed by atoms with Crippen molar-refractivity contribution in [3.63, 3.8) is 0 Å². The molecule has 0 fully saturated rings. The van der Waals surface area contributed by atoms with Crippen LogP contribution in [0.5, 0.6) is 0 Å². The van der Waals surface area contributed by atoms with Crippen LogP contribution in [0.15, 0.2) is 29.5 Å². The van der Waals surface area contributed by atoms with Crippen LogP contribution < -0.4 is 10.6 Å². The second-order valence-electron chi connectivity index (χ2n) is 5.17. The molecule has 1 aromatic heterocycles. The standard InChI is InChI=1S/C16H22F2N6/c1-3-15-23-22-11-24(15)10-9-21-16(19-2)20-8-7-12-13(17)5-4-6-14(12)18/h4-6,11H,3,7-10H2,1-2H3,(H2,19,20,21). The lowest BCUT2D eigenvalue weighted by Crippen LogP contribution is -2.39. The molecule has 6 nitrogen and oxygen atoms in total. The number of aliphatic imine (C=N–C) groups is 1. The van der Waals surface area contributed by atoms with Gasteiger partial charge in [-0.1, -0.05) is 13.0 Å². The SMILES string of the molecule is CCc1nncn1CCNC(=NC)NCCc1c(F)cccc1F. The Morgan fingerprint density at radius 1 is 1.21 bits per heavy atom. The Morgan fingerprint density at radius 3 is 2.58 bits per heavy atom. The van der Waals surface area contributed by atoms with Crippen molar-refractivity contribution < 1.29 is 8.78 Å². The predicted molar refractivity (Wildman–Crippen MR) is 88.8 cm³/mol. The lowest BCUT2D eigenvalue weighted by Gasteiger charge is -2.13.